The molecule has 0 spiro atoms. The average Bonchev–Trinajstić information content (AvgIpc) is 3.00. The number of rotatable bonds is 7. The molecule has 2 aromatic rings. The SMILES string of the molecule is Cc1ccc(CSCCNC(=O)C=Cc2ccsc2)cc1. The van der Waals surface area contributed by atoms with Gasteiger partial charge >= 0.3 is 0 Å². The fourth-order valence-electron chi connectivity index (χ4n) is 1.72. The molecule has 1 heterocycles. The Morgan fingerprint density at radius 1 is 1.29 bits per heavy atom. The molecule has 4 heteroatoms. The third-order valence-electron chi connectivity index (χ3n) is 2.91. The molecule has 0 fully saturated rings. The Morgan fingerprint density at radius 3 is 2.81 bits per heavy atom. The van der Waals surface area contributed by atoms with Crippen molar-refractivity contribution in [1.29, 1.82) is 0 Å². The topological polar surface area (TPSA) is 29.1 Å². The second-order valence-electron chi connectivity index (χ2n) is 4.72. The lowest BCUT2D eigenvalue weighted by Crippen LogP contribution is -2.23. The fourth-order valence-corrected chi connectivity index (χ4v) is 3.17. The van der Waals surface area contributed by atoms with Crippen LogP contribution in [0.5, 0.6) is 0 Å². The minimum absolute atomic E-state index is 0.0304. The summed E-state index contributed by atoms with van der Waals surface area (Å²) >= 11 is 3.46. The molecule has 0 unspecified atom stereocenters. The van der Waals surface area contributed by atoms with E-state index in [-0.39, 0.29) is 5.91 Å². The van der Waals surface area contributed by atoms with Crippen LogP contribution >= 0.6 is 23.1 Å². The lowest BCUT2D eigenvalue weighted by atomic mass is 10.2. The molecule has 1 N–H and O–H groups in total. The average molecular weight is 317 g/mol. The van der Waals surface area contributed by atoms with Crippen molar-refractivity contribution in [2.75, 3.05) is 12.3 Å². The third kappa shape index (κ3) is 6.19. The van der Waals surface area contributed by atoms with Crippen molar-refractivity contribution >= 4 is 35.1 Å². The van der Waals surface area contributed by atoms with Gasteiger partial charge in [0, 0.05) is 24.1 Å². The van der Waals surface area contributed by atoms with Crippen molar-refractivity contribution in [3.63, 3.8) is 0 Å². The zero-order valence-electron chi connectivity index (χ0n) is 12.0. The van der Waals surface area contributed by atoms with Crippen molar-refractivity contribution in [1.82, 2.24) is 5.32 Å². The highest BCUT2D eigenvalue weighted by Crippen LogP contribution is 2.12. The normalized spacial score (nSPS) is 10.9. The van der Waals surface area contributed by atoms with Crippen LogP contribution in [0.3, 0.4) is 0 Å². The van der Waals surface area contributed by atoms with Gasteiger partial charge in [-0.1, -0.05) is 29.8 Å². The molecule has 0 aliphatic carbocycles. The van der Waals surface area contributed by atoms with Crippen LogP contribution in [0.2, 0.25) is 0 Å². The number of hydrogen-bond donors (Lipinski definition) is 1. The van der Waals surface area contributed by atoms with E-state index in [4.69, 9.17) is 0 Å². The Balaban J connectivity index is 1.59. The molecule has 2 nitrogen and oxygen atoms in total. The summed E-state index contributed by atoms with van der Waals surface area (Å²) in [5, 5.41) is 6.91. The van der Waals surface area contributed by atoms with Crippen LogP contribution in [0.25, 0.3) is 6.08 Å². The van der Waals surface area contributed by atoms with Gasteiger partial charge in [-0.05, 0) is 41.0 Å². The fraction of sp³-hybridized carbons (Fsp3) is 0.235. The van der Waals surface area contributed by atoms with E-state index in [9.17, 15) is 4.79 Å². The first kappa shape index (κ1) is 15.9. The van der Waals surface area contributed by atoms with E-state index in [1.54, 1.807) is 17.4 Å². The molecule has 1 aromatic carbocycles. The van der Waals surface area contributed by atoms with Crippen molar-refractivity contribution < 1.29 is 4.79 Å². The number of thioether (sulfide) groups is 1. The highest BCUT2D eigenvalue weighted by molar-refractivity contribution is 7.98. The Labute approximate surface area is 134 Å². The van der Waals surface area contributed by atoms with Gasteiger partial charge in [-0.2, -0.15) is 23.1 Å². The van der Waals surface area contributed by atoms with Gasteiger partial charge < -0.3 is 5.32 Å². The smallest absolute Gasteiger partial charge is 0.244 e. The first-order valence-corrected chi connectivity index (χ1v) is 8.95. The van der Waals surface area contributed by atoms with Gasteiger partial charge in [-0.3, -0.25) is 4.79 Å². The molecule has 2 rings (SSSR count). The predicted molar refractivity (Wildman–Crippen MR) is 93.7 cm³/mol. The molecule has 0 bridgehead atoms. The number of aryl methyl sites for hydroxylation is 1. The summed E-state index contributed by atoms with van der Waals surface area (Å²) in [6.45, 7) is 2.79. The molecule has 0 atom stereocenters. The molecule has 0 aliphatic rings. The van der Waals surface area contributed by atoms with E-state index in [1.165, 1.54) is 11.1 Å². The number of hydrogen-bond acceptors (Lipinski definition) is 3. The quantitative estimate of drug-likeness (QED) is 0.615. The number of carbonyl (C=O) groups is 1. The second-order valence-corrected chi connectivity index (χ2v) is 6.60. The van der Waals surface area contributed by atoms with E-state index in [1.807, 2.05) is 34.7 Å². The van der Waals surface area contributed by atoms with Crippen molar-refractivity contribution in [3.05, 3.63) is 63.9 Å². The first-order chi connectivity index (χ1) is 10.2. The van der Waals surface area contributed by atoms with Crippen molar-refractivity contribution in [2.45, 2.75) is 12.7 Å². The van der Waals surface area contributed by atoms with Crippen molar-refractivity contribution in [2.24, 2.45) is 0 Å². The Kier molecular flexibility index (Phi) is 6.57. The number of benzene rings is 1. The summed E-state index contributed by atoms with van der Waals surface area (Å²) in [5.41, 5.74) is 3.69. The van der Waals surface area contributed by atoms with Gasteiger partial charge in [0.1, 0.15) is 0 Å². The van der Waals surface area contributed by atoms with E-state index in [0.29, 0.717) is 6.54 Å². The number of amides is 1. The van der Waals surface area contributed by atoms with Gasteiger partial charge in [-0.15, -0.1) is 0 Å². The van der Waals surface area contributed by atoms with E-state index >= 15 is 0 Å². The van der Waals surface area contributed by atoms with Crippen LogP contribution in [0.4, 0.5) is 0 Å². The van der Waals surface area contributed by atoms with Crippen LogP contribution in [0.1, 0.15) is 16.7 Å². The highest BCUT2D eigenvalue weighted by atomic mass is 32.2. The summed E-state index contributed by atoms with van der Waals surface area (Å²) in [6, 6.07) is 10.6. The van der Waals surface area contributed by atoms with Gasteiger partial charge in [0.05, 0.1) is 0 Å². The molecule has 21 heavy (non-hydrogen) atoms. The van der Waals surface area contributed by atoms with Crippen LogP contribution in [0.15, 0.2) is 47.2 Å². The van der Waals surface area contributed by atoms with E-state index in [2.05, 4.69) is 36.5 Å². The van der Waals surface area contributed by atoms with Crippen molar-refractivity contribution in [3.8, 4) is 0 Å². The Morgan fingerprint density at radius 2 is 2.10 bits per heavy atom. The zero-order chi connectivity index (χ0) is 14.9. The third-order valence-corrected chi connectivity index (χ3v) is 4.64. The molecule has 1 aromatic heterocycles. The second kappa shape index (κ2) is 8.70. The molecule has 0 saturated heterocycles. The molecule has 0 radical (unpaired) electrons. The summed E-state index contributed by atoms with van der Waals surface area (Å²) in [4.78, 5) is 11.6. The van der Waals surface area contributed by atoms with Gasteiger partial charge in [0.15, 0.2) is 0 Å². The molecule has 110 valence electrons. The van der Waals surface area contributed by atoms with Gasteiger partial charge in [0.2, 0.25) is 5.91 Å². The minimum Gasteiger partial charge on any atom is -0.352 e. The van der Waals surface area contributed by atoms with Crippen LogP contribution in [-0.2, 0) is 10.5 Å². The minimum atomic E-state index is -0.0304. The lowest BCUT2D eigenvalue weighted by molar-refractivity contribution is -0.116. The maximum absolute atomic E-state index is 11.6. The van der Waals surface area contributed by atoms with E-state index < -0.39 is 0 Å². The number of thiophene rings is 1. The van der Waals surface area contributed by atoms with E-state index in [0.717, 1.165) is 17.1 Å². The molecular formula is C17H19NOS2. The maximum atomic E-state index is 11.6. The standard InChI is InChI=1S/C17H19NOS2/c1-14-2-4-15(5-3-14)12-21-11-9-18-17(19)7-6-16-8-10-20-13-16/h2-8,10,13H,9,11-12H2,1H3,(H,18,19). The lowest BCUT2D eigenvalue weighted by Gasteiger charge is -2.03. The summed E-state index contributed by atoms with van der Waals surface area (Å²) in [7, 11) is 0. The number of carbonyl (C=O) groups excluding carboxylic acids is 1. The van der Waals surface area contributed by atoms with Crippen LogP contribution < -0.4 is 5.32 Å². The van der Waals surface area contributed by atoms with Gasteiger partial charge in [0.25, 0.3) is 0 Å². The summed E-state index contributed by atoms with van der Waals surface area (Å²) in [5.74, 6) is 1.88. The molecule has 0 aliphatic heterocycles. The highest BCUT2D eigenvalue weighted by Gasteiger charge is 1.97. The molecule has 0 saturated carbocycles. The maximum Gasteiger partial charge on any atom is 0.244 e. The monoisotopic (exact) mass is 317 g/mol. The largest absolute Gasteiger partial charge is 0.352 e. The molecular weight excluding hydrogens is 298 g/mol. The molecule has 1 amide bonds. The summed E-state index contributed by atoms with van der Waals surface area (Å²) < 4.78 is 0. The predicted octanol–water partition coefficient (Wildman–Crippen LogP) is 4.12. The number of nitrogens with one attached hydrogen (secondary N) is 1. The zero-order valence-corrected chi connectivity index (χ0v) is 13.7. The summed E-state index contributed by atoms with van der Waals surface area (Å²) in [6.07, 6.45) is 3.43. The van der Waals surface area contributed by atoms with Crippen LogP contribution in [-0.4, -0.2) is 18.2 Å². The first-order valence-electron chi connectivity index (χ1n) is 6.85. The van der Waals surface area contributed by atoms with Gasteiger partial charge in [-0.25, -0.2) is 0 Å². The Bertz CT molecular complexity index is 573. The van der Waals surface area contributed by atoms with Crippen LogP contribution in [0, 0.1) is 6.92 Å². The Hall–Kier alpha value is -1.52.